The molecule has 2 aromatic rings. The molecule has 0 saturated carbocycles. The lowest BCUT2D eigenvalue weighted by Gasteiger charge is -2.25. The minimum absolute atomic E-state index is 0.107. The summed E-state index contributed by atoms with van der Waals surface area (Å²) < 4.78 is 5.10. The number of ether oxygens (including phenoxy) is 1. The van der Waals surface area contributed by atoms with Crippen molar-refractivity contribution in [3.63, 3.8) is 0 Å². The number of carbonyl (C=O) groups is 3. The molecule has 2 heterocycles. The molecule has 8 heteroatoms. The van der Waals surface area contributed by atoms with Crippen LogP contribution >= 0.6 is 0 Å². The minimum Gasteiger partial charge on any atom is -0.497 e. The molecule has 1 saturated heterocycles. The molecular weight excluding hydrogens is 374 g/mol. The van der Waals surface area contributed by atoms with E-state index in [4.69, 9.17) is 4.74 Å². The Morgan fingerprint density at radius 3 is 2.62 bits per heavy atom. The zero-order valence-corrected chi connectivity index (χ0v) is 15.9. The second kappa shape index (κ2) is 7.56. The number of fused-ring (bicyclic) bond motifs is 2. The lowest BCUT2D eigenvalue weighted by Crippen LogP contribution is -2.47. The summed E-state index contributed by atoms with van der Waals surface area (Å²) in [7, 11) is 1.56. The maximum atomic E-state index is 13.2. The fourth-order valence-corrected chi connectivity index (χ4v) is 3.80. The van der Waals surface area contributed by atoms with Gasteiger partial charge in [-0.2, -0.15) is 0 Å². The average molecular weight is 395 g/mol. The van der Waals surface area contributed by atoms with E-state index in [2.05, 4.69) is 5.32 Å². The van der Waals surface area contributed by atoms with Crippen LogP contribution in [0.3, 0.4) is 0 Å². The van der Waals surface area contributed by atoms with E-state index in [0.717, 1.165) is 0 Å². The van der Waals surface area contributed by atoms with Crippen LogP contribution in [-0.4, -0.2) is 60.1 Å². The normalized spacial score (nSPS) is 20.8. The maximum absolute atomic E-state index is 13.2. The predicted molar refractivity (Wildman–Crippen MR) is 106 cm³/mol. The molecule has 2 atom stereocenters. The van der Waals surface area contributed by atoms with Crippen molar-refractivity contribution in [2.24, 2.45) is 0 Å². The fourth-order valence-electron chi connectivity index (χ4n) is 3.80. The van der Waals surface area contributed by atoms with Gasteiger partial charge in [0.1, 0.15) is 18.3 Å². The van der Waals surface area contributed by atoms with Crippen molar-refractivity contribution in [1.82, 2.24) is 4.90 Å². The fraction of sp³-hybridized carbons (Fsp3) is 0.286. The van der Waals surface area contributed by atoms with E-state index in [0.29, 0.717) is 22.7 Å². The van der Waals surface area contributed by atoms with Gasteiger partial charge in [-0.15, -0.1) is 0 Å². The van der Waals surface area contributed by atoms with Crippen molar-refractivity contribution in [2.45, 2.75) is 18.6 Å². The molecule has 3 amide bonds. The predicted octanol–water partition coefficient (Wildman–Crippen LogP) is 1.26. The molecule has 2 N–H and O–H groups in total. The molecule has 0 unspecified atom stereocenters. The van der Waals surface area contributed by atoms with Crippen LogP contribution in [0.15, 0.2) is 48.5 Å². The molecule has 0 aromatic heterocycles. The van der Waals surface area contributed by atoms with E-state index in [-0.39, 0.29) is 31.3 Å². The number of methoxy groups -OCH3 is 1. The number of nitrogens with one attached hydrogen (secondary N) is 1. The molecule has 29 heavy (non-hydrogen) atoms. The minimum atomic E-state index is -0.779. The standard InChI is InChI=1S/C21H21N3O5/c1-29-15-8-6-13(7-9-15)22-19(26)12-24-17-5-3-2-4-16(17)20(27)23-11-14(25)10-18(23)21(24)28/h2-9,14,18,25H,10-12H2,1H3,(H,22,26)/t14-,18-/m0/s1. The first-order valence-electron chi connectivity index (χ1n) is 9.31. The number of carbonyl (C=O) groups excluding carboxylic acids is 3. The van der Waals surface area contributed by atoms with E-state index >= 15 is 0 Å². The molecule has 4 rings (SSSR count). The SMILES string of the molecule is COc1ccc(NC(=O)CN2C(=O)[C@@H]3C[C@H](O)CN3C(=O)c3ccccc32)cc1. The van der Waals surface area contributed by atoms with Crippen LogP contribution in [0.2, 0.25) is 0 Å². The van der Waals surface area contributed by atoms with Gasteiger partial charge in [0.25, 0.3) is 5.91 Å². The molecule has 0 spiro atoms. The van der Waals surface area contributed by atoms with Gasteiger partial charge in [-0.25, -0.2) is 0 Å². The van der Waals surface area contributed by atoms with E-state index in [1.807, 2.05) is 0 Å². The smallest absolute Gasteiger partial charge is 0.256 e. The molecule has 2 aliphatic heterocycles. The number of aliphatic hydroxyl groups excluding tert-OH is 1. The maximum Gasteiger partial charge on any atom is 0.256 e. The largest absolute Gasteiger partial charge is 0.497 e. The zero-order valence-electron chi connectivity index (χ0n) is 15.9. The van der Waals surface area contributed by atoms with Crippen LogP contribution in [0, 0.1) is 0 Å². The van der Waals surface area contributed by atoms with E-state index in [9.17, 15) is 19.5 Å². The van der Waals surface area contributed by atoms with E-state index < -0.39 is 18.1 Å². The molecule has 1 fully saturated rings. The Labute approximate surface area is 167 Å². The molecule has 0 radical (unpaired) electrons. The molecule has 0 aliphatic carbocycles. The van der Waals surface area contributed by atoms with Gasteiger partial charge in [-0.3, -0.25) is 14.4 Å². The number of hydrogen-bond donors (Lipinski definition) is 2. The highest BCUT2D eigenvalue weighted by Crippen LogP contribution is 2.32. The quantitative estimate of drug-likeness (QED) is 0.812. The van der Waals surface area contributed by atoms with Crippen LogP contribution < -0.4 is 15.0 Å². The van der Waals surface area contributed by atoms with Crippen molar-refractivity contribution in [2.75, 3.05) is 30.4 Å². The summed E-state index contributed by atoms with van der Waals surface area (Å²) in [6.07, 6.45) is -0.594. The highest BCUT2D eigenvalue weighted by molar-refractivity contribution is 6.13. The van der Waals surface area contributed by atoms with Gasteiger partial charge in [0, 0.05) is 18.7 Å². The first kappa shape index (κ1) is 18.9. The highest BCUT2D eigenvalue weighted by atomic mass is 16.5. The number of anilines is 2. The van der Waals surface area contributed by atoms with Crippen molar-refractivity contribution in [1.29, 1.82) is 0 Å². The molecule has 2 aliphatic rings. The topological polar surface area (TPSA) is 99.2 Å². The van der Waals surface area contributed by atoms with Gasteiger partial charge >= 0.3 is 0 Å². The van der Waals surface area contributed by atoms with Gasteiger partial charge in [-0.05, 0) is 36.4 Å². The number of rotatable bonds is 4. The summed E-state index contributed by atoms with van der Waals surface area (Å²) in [6.45, 7) is -0.134. The molecule has 2 aromatic carbocycles. The van der Waals surface area contributed by atoms with Crippen LogP contribution in [0.4, 0.5) is 11.4 Å². The Morgan fingerprint density at radius 1 is 1.17 bits per heavy atom. The molecule has 150 valence electrons. The molecule has 8 nitrogen and oxygen atoms in total. The summed E-state index contributed by atoms with van der Waals surface area (Å²) in [6, 6.07) is 12.8. The van der Waals surface area contributed by atoms with Gasteiger partial charge in [0.2, 0.25) is 11.8 Å². The van der Waals surface area contributed by atoms with E-state index in [1.165, 1.54) is 9.80 Å². The summed E-state index contributed by atoms with van der Waals surface area (Å²) in [5.41, 5.74) is 1.31. The lowest BCUT2D eigenvalue weighted by molar-refractivity contribution is -0.124. The Morgan fingerprint density at radius 2 is 1.90 bits per heavy atom. The number of nitrogens with zero attached hydrogens (tertiary/aromatic N) is 2. The third-order valence-corrected chi connectivity index (χ3v) is 5.19. The Bertz CT molecular complexity index is 959. The first-order chi connectivity index (χ1) is 14.0. The molecular formula is C21H21N3O5. The average Bonchev–Trinajstić information content (AvgIpc) is 3.10. The third-order valence-electron chi connectivity index (χ3n) is 5.19. The summed E-state index contributed by atoms with van der Waals surface area (Å²) in [4.78, 5) is 41.5. The number of amides is 3. The number of hydrogen-bond acceptors (Lipinski definition) is 5. The van der Waals surface area contributed by atoms with Crippen molar-refractivity contribution in [3.05, 3.63) is 54.1 Å². The second-order valence-electron chi connectivity index (χ2n) is 7.08. The summed E-state index contributed by atoms with van der Waals surface area (Å²) >= 11 is 0. The van der Waals surface area contributed by atoms with Crippen molar-refractivity contribution < 1.29 is 24.2 Å². The van der Waals surface area contributed by atoms with Gasteiger partial charge < -0.3 is 25.0 Å². The van der Waals surface area contributed by atoms with Crippen LogP contribution in [0.1, 0.15) is 16.8 Å². The Hall–Kier alpha value is -3.39. The Kier molecular flexibility index (Phi) is 4.94. The number of para-hydroxylation sites is 1. The monoisotopic (exact) mass is 395 g/mol. The summed E-state index contributed by atoms with van der Waals surface area (Å²) in [5.74, 6) is -0.408. The van der Waals surface area contributed by atoms with Crippen molar-refractivity contribution in [3.8, 4) is 5.75 Å². The van der Waals surface area contributed by atoms with E-state index in [1.54, 1.807) is 55.6 Å². The third kappa shape index (κ3) is 3.54. The zero-order chi connectivity index (χ0) is 20.5. The van der Waals surface area contributed by atoms with Gasteiger partial charge in [0.05, 0.1) is 24.5 Å². The highest BCUT2D eigenvalue weighted by Gasteiger charge is 2.45. The van der Waals surface area contributed by atoms with Crippen LogP contribution in [-0.2, 0) is 9.59 Å². The van der Waals surface area contributed by atoms with Gasteiger partial charge in [0.15, 0.2) is 0 Å². The second-order valence-corrected chi connectivity index (χ2v) is 7.08. The number of benzene rings is 2. The summed E-state index contributed by atoms with van der Waals surface area (Å²) in [5, 5.41) is 12.7. The van der Waals surface area contributed by atoms with Gasteiger partial charge in [-0.1, -0.05) is 12.1 Å². The first-order valence-corrected chi connectivity index (χ1v) is 9.31. The lowest BCUT2D eigenvalue weighted by atomic mass is 10.1. The van der Waals surface area contributed by atoms with Crippen LogP contribution in [0.5, 0.6) is 5.75 Å². The molecule has 0 bridgehead atoms. The van der Waals surface area contributed by atoms with Crippen LogP contribution in [0.25, 0.3) is 0 Å². The van der Waals surface area contributed by atoms with Crippen molar-refractivity contribution >= 4 is 29.1 Å². The number of aliphatic hydroxyl groups is 1. The Balaban J connectivity index is 1.60.